The van der Waals surface area contributed by atoms with Crippen LogP contribution in [0.5, 0.6) is 0 Å². The van der Waals surface area contributed by atoms with Gasteiger partial charge in [-0.3, -0.25) is 4.79 Å². The molecule has 3 N–H and O–H groups in total. The molecule has 0 bridgehead atoms. The van der Waals surface area contributed by atoms with Crippen molar-refractivity contribution in [3.63, 3.8) is 0 Å². The van der Waals surface area contributed by atoms with Gasteiger partial charge >= 0.3 is 0 Å². The van der Waals surface area contributed by atoms with Gasteiger partial charge in [0.15, 0.2) is 0 Å². The third kappa shape index (κ3) is 2.79. The van der Waals surface area contributed by atoms with Gasteiger partial charge in [0.05, 0.1) is 0 Å². The Morgan fingerprint density at radius 2 is 2.18 bits per heavy atom. The maximum atomic E-state index is 12.7. The van der Waals surface area contributed by atoms with E-state index in [0.29, 0.717) is 12.5 Å². The molecule has 1 amide bonds. The summed E-state index contributed by atoms with van der Waals surface area (Å²) in [4.78, 5) is 12.7. The first kappa shape index (κ1) is 15.5. The number of amides is 1. The first-order valence-corrected chi connectivity index (χ1v) is 8.65. The van der Waals surface area contributed by atoms with E-state index in [1.54, 1.807) is 0 Å². The third-order valence-corrected chi connectivity index (χ3v) is 5.40. The van der Waals surface area contributed by atoms with Crippen molar-refractivity contribution in [1.82, 2.24) is 5.32 Å². The lowest BCUT2D eigenvalue weighted by molar-refractivity contribution is -0.123. The number of fused-ring (bicyclic) bond motifs is 2. The van der Waals surface area contributed by atoms with Crippen LogP contribution in [0, 0.1) is 11.8 Å². The summed E-state index contributed by atoms with van der Waals surface area (Å²) in [7, 11) is 0. The third-order valence-electron chi connectivity index (χ3n) is 5.40. The molecule has 22 heavy (non-hydrogen) atoms. The number of hydrogen-bond donors (Lipinski definition) is 2. The van der Waals surface area contributed by atoms with Crippen molar-refractivity contribution in [2.75, 3.05) is 6.54 Å². The van der Waals surface area contributed by atoms with E-state index in [0.717, 1.165) is 25.7 Å². The SMILES string of the molecule is CC(C)CC(CN)NC(=O)C1CC12CCCc1ccccc12. The maximum Gasteiger partial charge on any atom is 0.224 e. The highest BCUT2D eigenvalue weighted by molar-refractivity contribution is 5.85. The molecule has 1 spiro atoms. The Kier molecular flexibility index (Phi) is 4.26. The molecule has 0 aromatic heterocycles. The Morgan fingerprint density at radius 3 is 2.91 bits per heavy atom. The smallest absolute Gasteiger partial charge is 0.224 e. The molecule has 0 radical (unpaired) electrons. The zero-order chi connectivity index (χ0) is 15.7. The molecule has 1 saturated carbocycles. The molecule has 1 aromatic carbocycles. The predicted octanol–water partition coefficient (Wildman–Crippen LogP) is 2.77. The zero-order valence-electron chi connectivity index (χ0n) is 13.8. The molecule has 3 rings (SSSR count). The highest BCUT2D eigenvalue weighted by atomic mass is 16.2. The van der Waals surface area contributed by atoms with Crippen molar-refractivity contribution in [3.8, 4) is 0 Å². The first-order valence-electron chi connectivity index (χ1n) is 8.65. The summed E-state index contributed by atoms with van der Waals surface area (Å²) in [6.07, 6.45) is 5.48. The van der Waals surface area contributed by atoms with E-state index >= 15 is 0 Å². The molecular weight excluding hydrogens is 272 g/mol. The van der Waals surface area contributed by atoms with Crippen molar-refractivity contribution < 1.29 is 4.79 Å². The van der Waals surface area contributed by atoms with E-state index in [4.69, 9.17) is 5.73 Å². The second-order valence-electron chi connectivity index (χ2n) is 7.49. The molecule has 0 saturated heterocycles. The lowest BCUT2D eigenvalue weighted by atomic mass is 9.78. The molecule has 120 valence electrons. The van der Waals surface area contributed by atoms with Gasteiger partial charge in [-0.15, -0.1) is 0 Å². The van der Waals surface area contributed by atoms with Crippen LogP contribution in [0.4, 0.5) is 0 Å². The fourth-order valence-corrected chi connectivity index (χ4v) is 4.26. The minimum atomic E-state index is 0.115. The Bertz CT molecular complexity index is 554. The molecule has 3 atom stereocenters. The number of carbonyl (C=O) groups is 1. The first-order chi connectivity index (χ1) is 10.6. The molecule has 0 heterocycles. The van der Waals surface area contributed by atoms with Crippen molar-refractivity contribution in [3.05, 3.63) is 35.4 Å². The molecule has 3 unspecified atom stereocenters. The summed E-state index contributed by atoms with van der Waals surface area (Å²) in [6, 6.07) is 8.80. The standard InChI is InChI=1S/C19H28N2O/c1-13(2)10-15(12-20)21-18(22)17-11-19(17)9-5-7-14-6-3-4-8-16(14)19/h3-4,6,8,13,15,17H,5,7,9-12,20H2,1-2H3,(H,21,22). The average molecular weight is 300 g/mol. The maximum absolute atomic E-state index is 12.7. The van der Waals surface area contributed by atoms with Crippen LogP contribution < -0.4 is 11.1 Å². The predicted molar refractivity (Wildman–Crippen MR) is 89.6 cm³/mol. The highest BCUT2D eigenvalue weighted by Gasteiger charge is 2.60. The second kappa shape index (κ2) is 6.04. The van der Waals surface area contributed by atoms with Gasteiger partial charge in [0.1, 0.15) is 0 Å². The van der Waals surface area contributed by atoms with Gasteiger partial charge in [0, 0.05) is 23.9 Å². The number of aryl methyl sites for hydroxylation is 1. The van der Waals surface area contributed by atoms with Crippen LogP contribution in [0.15, 0.2) is 24.3 Å². The van der Waals surface area contributed by atoms with Gasteiger partial charge in [0.2, 0.25) is 5.91 Å². The number of nitrogens with one attached hydrogen (secondary N) is 1. The lowest BCUT2D eigenvalue weighted by Gasteiger charge is -2.27. The van der Waals surface area contributed by atoms with Crippen molar-refractivity contribution in [2.45, 2.75) is 57.4 Å². The number of rotatable bonds is 5. The Labute approximate surface area is 133 Å². The molecule has 2 aliphatic rings. The summed E-state index contributed by atoms with van der Waals surface area (Å²) in [5.74, 6) is 0.917. The molecular formula is C19H28N2O. The van der Waals surface area contributed by atoms with Crippen LogP contribution in [-0.2, 0) is 16.6 Å². The summed E-state index contributed by atoms with van der Waals surface area (Å²) in [5, 5.41) is 3.20. The van der Waals surface area contributed by atoms with E-state index in [-0.39, 0.29) is 23.3 Å². The van der Waals surface area contributed by atoms with Crippen LogP contribution in [0.2, 0.25) is 0 Å². The van der Waals surface area contributed by atoms with Crippen molar-refractivity contribution in [2.24, 2.45) is 17.6 Å². The van der Waals surface area contributed by atoms with E-state index in [9.17, 15) is 4.79 Å². The molecule has 3 nitrogen and oxygen atoms in total. The van der Waals surface area contributed by atoms with Crippen molar-refractivity contribution >= 4 is 5.91 Å². The largest absolute Gasteiger partial charge is 0.352 e. The summed E-state index contributed by atoms with van der Waals surface area (Å²) in [5.41, 5.74) is 8.81. The summed E-state index contributed by atoms with van der Waals surface area (Å²) in [6.45, 7) is 4.87. The zero-order valence-corrected chi connectivity index (χ0v) is 13.8. The van der Waals surface area contributed by atoms with Gasteiger partial charge in [-0.25, -0.2) is 0 Å². The summed E-state index contributed by atoms with van der Waals surface area (Å²) >= 11 is 0. The minimum absolute atomic E-state index is 0.115. The van der Waals surface area contributed by atoms with Crippen LogP contribution >= 0.6 is 0 Å². The topological polar surface area (TPSA) is 55.1 Å². The van der Waals surface area contributed by atoms with E-state index in [2.05, 4.69) is 43.4 Å². The van der Waals surface area contributed by atoms with E-state index < -0.39 is 0 Å². The molecule has 1 aromatic rings. The summed E-state index contributed by atoms with van der Waals surface area (Å²) < 4.78 is 0. The van der Waals surface area contributed by atoms with Crippen LogP contribution in [0.25, 0.3) is 0 Å². The van der Waals surface area contributed by atoms with Crippen LogP contribution in [-0.4, -0.2) is 18.5 Å². The molecule has 2 aliphatic carbocycles. The van der Waals surface area contributed by atoms with E-state index in [1.807, 2.05) is 0 Å². The van der Waals surface area contributed by atoms with Gasteiger partial charge in [-0.2, -0.15) is 0 Å². The van der Waals surface area contributed by atoms with Gasteiger partial charge in [0.25, 0.3) is 0 Å². The van der Waals surface area contributed by atoms with Crippen molar-refractivity contribution in [1.29, 1.82) is 0 Å². The Morgan fingerprint density at radius 1 is 1.41 bits per heavy atom. The Balaban J connectivity index is 1.70. The fraction of sp³-hybridized carbons (Fsp3) is 0.632. The molecule has 1 fully saturated rings. The highest BCUT2D eigenvalue weighted by Crippen LogP contribution is 2.60. The van der Waals surface area contributed by atoms with Gasteiger partial charge in [-0.1, -0.05) is 38.1 Å². The fourth-order valence-electron chi connectivity index (χ4n) is 4.26. The normalized spacial score (nSPS) is 27.5. The Hall–Kier alpha value is -1.35. The van der Waals surface area contributed by atoms with Gasteiger partial charge < -0.3 is 11.1 Å². The van der Waals surface area contributed by atoms with E-state index in [1.165, 1.54) is 17.5 Å². The van der Waals surface area contributed by atoms with Crippen LogP contribution in [0.3, 0.4) is 0 Å². The van der Waals surface area contributed by atoms with Gasteiger partial charge in [-0.05, 0) is 49.1 Å². The molecule has 0 aliphatic heterocycles. The second-order valence-corrected chi connectivity index (χ2v) is 7.49. The average Bonchev–Trinajstić information content (AvgIpc) is 3.21. The monoisotopic (exact) mass is 300 g/mol. The lowest BCUT2D eigenvalue weighted by Crippen LogP contribution is -2.42. The molecule has 3 heteroatoms. The number of carbonyl (C=O) groups excluding carboxylic acids is 1. The number of hydrogen-bond acceptors (Lipinski definition) is 2. The number of nitrogens with two attached hydrogens (primary N) is 1. The minimum Gasteiger partial charge on any atom is -0.352 e. The quantitative estimate of drug-likeness (QED) is 0.878. The van der Waals surface area contributed by atoms with Crippen LogP contribution in [0.1, 0.15) is 50.7 Å². The number of benzene rings is 1.